The number of nitrogens with two attached hydrogens (primary N) is 1. The minimum absolute atomic E-state index is 0.572. The molecule has 0 bridgehead atoms. The van der Waals surface area contributed by atoms with E-state index in [1.807, 2.05) is 23.9 Å². The third kappa shape index (κ3) is 3.19. The molecule has 0 atom stereocenters. The van der Waals surface area contributed by atoms with E-state index in [4.69, 9.17) is 10.5 Å². The fourth-order valence-corrected chi connectivity index (χ4v) is 2.63. The number of pyridine rings is 1. The largest absolute Gasteiger partial charge is 0.476 e. The van der Waals surface area contributed by atoms with Crippen LogP contribution >= 0.6 is 11.8 Å². The Morgan fingerprint density at radius 3 is 2.88 bits per heavy atom. The van der Waals surface area contributed by atoms with Crippen molar-refractivity contribution in [2.45, 2.75) is 13.3 Å². The molecule has 1 aromatic heterocycles. The smallest absolute Gasteiger partial charge is 0.239 e. The Morgan fingerprint density at radius 1 is 1.41 bits per heavy atom. The fourth-order valence-electron chi connectivity index (χ4n) is 1.72. The van der Waals surface area contributed by atoms with Crippen molar-refractivity contribution < 1.29 is 4.74 Å². The molecule has 1 aliphatic rings. The summed E-state index contributed by atoms with van der Waals surface area (Å²) < 4.78 is 5.55. The normalized spacial score (nSPS) is 15.9. The number of hydrogen-bond acceptors (Lipinski definition) is 5. The Morgan fingerprint density at radius 2 is 2.18 bits per heavy atom. The third-order valence-corrected chi connectivity index (χ3v) is 3.60. The molecule has 0 saturated carbocycles. The zero-order valence-electron chi connectivity index (χ0n) is 10.2. The third-order valence-electron chi connectivity index (χ3n) is 2.65. The molecule has 0 aliphatic carbocycles. The quantitative estimate of drug-likeness (QED) is 0.889. The van der Waals surface area contributed by atoms with Crippen molar-refractivity contribution in [2.75, 3.05) is 41.8 Å². The summed E-state index contributed by atoms with van der Waals surface area (Å²) in [7, 11) is 0. The van der Waals surface area contributed by atoms with E-state index in [9.17, 15) is 0 Å². The van der Waals surface area contributed by atoms with Crippen LogP contribution in [0.1, 0.15) is 13.3 Å². The van der Waals surface area contributed by atoms with E-state index >= 15 is 0 Å². The van der Waals surface area contributed by atoms with Crippen molar-refractivity contribution >= 4 is 23.3 Å². The second-order valence-electron chi connectivity index (χ2n) is 4.01. The molecule has 0 spiro atoms. The van der Waals surface area contributed by atoms with Gasteiger partial charge in [0, 0.05) is 24.6 Å². The molecule has 5 heteroatoms. The van der Waals surface area contributed by atoms with Crippen molar-refractivity contribution in [1.82, 2.24) is 4.98 Å². The Hall–Kier alpha value is -1.10. The molecule has 2 heterocycles. The second kappa shape index (κ2) is 6.00. The zero-order valence-corrected chi connectivity index (χ0v) is 11.0. The summed E-state index contributed by atoms with van der Waals surface area (Å²) in [6, 6.07) is 3.86. The van der Waals surface area contributed by atoms with Gasteiger partial charge in [0.25, 0.3) is 0 Å². The first kappa shape index (κ1) is 12.4. The molecule has 1 aliphatic heterocycles. The maximum atomic E-state index is 5.85. The van der Waals surface area contributed by atoms with E-state index in [-0.39, 0.29) is 0 Å². The number of hydrogen-bond donors (Lipinski definition) is 1. The van der Waals surface area contributed by atoms with Crippen molar-refractivity contribution in [3.63, 3.8) is 0 Å². The second-order valence-corrected chi connectivity index (χ2v) is 5.24. The van der Waals surface area contributed by atoms with E-state index in [2.05, 4.69) is 16.8 Å². The molecule has 17 heavy (non-hydrogen) atoms. The van der Waals surface area contributed by atoms with E-state index in [0.29, 0.717) is 18.2 Å². The maximum absolute atomic E-state index is 5.85. The van der Waals surface area contributed by atoms with E-state index < -0.39 is 0 Å². The topological polar surface area (TPSA) is 51.4 Å². The molecule has 2 N–H and O–H groups in total. The van der Waals surface area contributed by atoms with Gasteiger partial charge in [-0.05, 0) is 18.6 Å². The lowest BCUT2D eigenvalue weighted by molar-refractivity contribution is 0.307. The van der Waals surface area contributed by atoms with Crippen molar-refractivity contribution in [1.29, 1.82) is 0 Å². The number of nitrogen functional groups attached to an aromatic ring is 1. The lowest BCUT2D eigenvalue weighted by atomic mass is 10.3. The van der Waals surface area contributed by atoms with Gasteiger partial charge in [0.05, 0.1) is 12.3 Å². The van der Waals surface area contributed by atoms with Gasteiger partial charge < -0.3 is 15.4 Å². The highest BCUT2D eigenvalue weighted by atomic mass is 32.2. The number of rotatable bonds is 4. The first-order chi connectivity index (χ1) is 8.31. The first-order valence-electron chi connectivity index (χ1n) is 6.03. The number of ether oxygens (including phenoxy) is 1. The van der Waals surface area contributed by atoms with E-state index in [0.717, 1.165) is 36.8 Å². The highest BCUT2D eigenvalue weighted by Crippen LogP contribution is 2.24. The van der Waals surface area contributed by atoms with Crippen LogP contribution < -0.4 is 15.4 Å². The average Bonchev–Trinajstić information content (AvgIpc) is 2.39. The molecule has 1 aromatic rings. The van der Waals surface area contributed by atoms with Crippen molar-refractivity contribution in [3.05, 3.63) is 12.1 Å². The van der Waals surface area contributed by atoms with Gasteiger partial charge in [-0.15, -0.1) is 0 Å². The Bertz CT molecular complexity index is 367. The van der Waals surface area contributed by atoms with Gasteiger partial charge in [-0.3, -0.25) is 0 Å². The molecular formula is C12H19N3OS. The summed E-state index contributed by atoms with van der Waals surface area (Å²) in [5.74, 6) is 3.88. The van der Waals surface area contributed by atoms with Crippen LogP contribution in [0.5, 0.6) is 5.88 Å². The SMILES string of the molecule is CCCOc1nc(N2CCSCC2)ccc1N. The summed E-state index contributed by atoms with van der Waals surface area (Å²) >= 11 is 1.99. The number of anilines is 2. The Balaban J connectivity index is 2.11. The summed E-state index contributed by atoms with van der Waals surface area (Å²) in [4.78, 5) is 6.79. The molecule has 4 nitrogen and oxygen atoms in total. The molecule has 0 radical (unpaired) electrons. The predicted octanol–water partition coefficient (Wildman–Crippen LogP) is 2.01. The van der Waals surface area contributed by atoms with Crippen LogP contribution in [-0.2, 0) is 0 Å². The molecular weight excluding hydrogens is 234 g/mol. The number of aromatic nitrogens is 1. The van der Waals surface area contributed by atoms with Crippen LogP contribution in [0.15, 0.2) is 12.1 Å². The van der Waals surface area contributed by atoms with Crippen LogP contribution in [0.3, 0.4) is 0 Å². The van der Waals surface area contributed by atoms with Crippen LogP contribution in [-0.4, -0.2) is 36.2 Å². The van der Waals surface area contributed by atoms with Gasteiger partial charge in [0.15, 0.2) is 0 Å². The minimum atomic E-state index is 0.572. The Kier molecular flexibility index (Phi) is 4.36. The maximum Gasteiger partial charge on any atom is 0.239 e. The molecule has 0 amide bonds. The number of nitrogens with zero attached hydrogens (tertiary/aromatic N) is 2. The van der Waals surface area contributed by atoms with Gasteiger partial charge in [-0.2, -0.15) is 16.7 Å². The van der Waals surface area contributed by atoms with E-state index in [1.165, 1.54) is 0 Å². The summed E-state index contributed by atoms with van der Waals surface area (Å²) in [6.45, 7) is 4.84. The lowest BCUT2D eigenvalue weighted by Gasteiger charge is -2.27. The van der Waals surface area contributed by atoms with Crippen LogP contribution in [0, 0.1) is 0 Å². The lowest BCUT2D eigenvalue weighted by Crippen LogP contribution is -2.33. The van der Waals surface area contributed by atoms with Gasteiger partial charge in [0.1, 0.15) is 5.82 Å². The van der Waals surface area contributed by atoms with Crippen molar-refractivity contribution in [2.24, 2.45) is 0 Å². The van der Waals surface area contributed by atoms with Crippen LogP contribution in [0.4, 0.5) is 11.5 Å². The van der Waals surface area contributed by atoms with Crippen molar-refractivity contribution in [3.8, 4) is 5.88 Å². The average molecular weight is 253 g/mol. The van der Waals surface area contributed by atoms with E-state index in [1.54, 1.807) is 0 Å². The van der Waals surface area contributed by atoms with Crippen LogP contribution in [0.25, 0.3) is 0 Å². The molecule has 0 aromatic carbocycles. The molecule has 1 saturated heterocycles. The minimum Gasteiger partial charge on any atom is -0.476 e. The molecule has 1 fully saturated rings. The highest BCUT2D eigenvalue weighted by molar-refractivity contribution is 7.99. The molecule has 2 rings (SSSR count). The van der Waals surface area contributed by atoms with Gasteiger partial charge in [-0.1, -0.05) is 6.92 Å². The summed E-state index contributed by atoms with van der Waals surface area (Å²) in [5.41, 5.74) is 6.47. The highest BCUT2D eigenvalue weighted by Gasteiger charge is 2.14. The summed E-state index contributed by atoms with van der Waals surface area (Å²) in [6.07, 6.45) is 0.964. The fraction of sp³-hybridized carbons (Fsp3) is 0.583. The number of thioether (sulfide) groups is 1. The van der Waals surface area contributed by atoms with Crippen LogP contribution in [0.2, 0.25) is 0 Å². The summed E-state index contributed by atoms with van der Waals surface area (Å²) in [5, 5.41) is 0. The Labute approximate surface area is 107 Å². The first-order valence-corrected chi connectivity index (χ1v) is 7.18. The molecule has 94 valence electrons. The van der Waals surface area contributed by atoms with Gasteiger partial charge in [-0.25, -0.2) is 0 Å². The van der Waals surface area contributed by atoms with Gasteiger partial charge >= 0.3 is 0 Å². The predicted molar refractivity (Wildman–Crippen MR) is 74.0 cm³/mol. The zero-order chi connectivity index (χ0) is 12.1. The monoisotopic (exact) mass is 253 g/mol. The standard InChI is InChI=1S/C12H19N3OS/c1-2-7-16-12-10(13)3-4-11(14-12)15-5-8-17-9-6-15/h3-4H,2,5-9,13H2,1H3. The van der Waals surface area contributed by atoms with Gasteiger partial charge in [0.2, 0.25) is 5.88 Å². The molecule has 0 unspecified atom stereocenters.